The zero-order chi connectivity index (χ0) is 12.3. The molecule has 0 amide bonds. The molecule has 90 valence electrons. The summed E-state index contributed by atoms with van der Waals surface area (Å²) in [6.45, 7) is 4.16. The van der Waals surface area contributed by atoms with Crippen molar-refractivity contribution in [3.63, 3.8) is 0 Å². The van der Waals surface area contributed by atoms with Gasteiger partial charge >= 0.3 is 0 Å². The first-order chi connectivity index (χ1) is 8.20. The van der Waals surface area contributed by atoms with E-state index in [-0.39, 0.29) is 6.04 Å². The van der Waals surface area contributed by atoms with E-state index in [1.807, 2.05) is 6.92 Å². The number of nitrogens with two attached hydrogens (primary N) is 1. The summed E-state index contributed by atoms with van der Waals surface area (Å²) in [5.74, 6) is 0. The van der Waals surface area contributed by atoms with Gasteiger partial charge in [-0.1, -0.05) is 37.6 Å². The molecule has 1 aromatic carbocycles. The summed E-state index contributed by atoms with van der Waals surface area (Å²) >= 11 is 1.63. The van der Waals surface area contributed by atoms with Crippen LogP contribution in [-0.4, -0.2) is 4.98 Å². The van der Waals surface area contributed by atoms with Crippen LogP contribution >= 0.6 is 11.3 Å². The molecule has 1 heterocycles. The van der Waals surface area contributed by atoms with Gasteiger partial charge in [-0.25, -0.2) is 4.98 Å². The van der Waals surface area contributed by atoms with Crippen LogP contribution in [0.5, 0.6) is 0 Å². The zero-order valence-corrected chi connectivity index (χ0v) is 11.1. The average Bonchev–Trinajstić information content (AvgIpc) is 2.80. The molecular formula is C14H18N2S. The molecule has 0 spiro atoms. The van der Waals surface area contributed by atoms with Crippen molar-refractivity contribution < 1.29 is 0 Å². The van der Waals surface area contributed by atoms with Crippen LogP contribution in [0.3, 0.4) is 0 Å². The van der Waals surface area contributed by atoms with E-state index in [0.29, 0.717) is 0 Å². The van der Waals surface area contributed by atoms with Crippen LogP contribution in [-0.2, 0) is 6.42 Å². The summed E-state index contributed by atoms with van der Waals surface area (Å²) in [6, 6.07) is 8.68. The van der Waals surface area contributed by atoms with Crippen LogP contribution in [0.4, 0.5) is 0 Å². The third-order valence-electron chi connectivity index (χ3n) is 2.70. The van der Waals surface area contributed by atoms with Crippen LogP contribution in [0.1, 0.15) is 36.9 Å². The summed E-state index contributed by atoms with van der Waals surface area (Å²) in [5.41, 5.74) is 9.41. The highest BCUT2D eigenvalue weighted by Gasteiger charge is 2.07. The number of aryl methyl sites for hydroxylation is 1. The molecule has 0 aliphatic rings. The van der Waals surface area contributed by atoms with Crippen LogP contribution in [0.2, 0.25) is 0 Å². The summed E-state index contributed by atoms with van der Waals surface area (Å²) in [7, 11) is 0. The van der Waals surface area contributed by atoms with Crippen LogP contribution in [0.15, 0.2) is 29.6 Å². The Morgan fingerprint density at radius 3 is 2.53 bits per heavy atom. The molecule has 1 atom stereocenters. The standard InChI is InChI=1S/C14H18N2S/c1-3-4-11-5-7-12(8-6-11)13-9-17-14(16-13)10(2)15/h5-10H,3-4,15H2,1-2H3. The lowest BCUT2D eigenvalue weighted by Crippen LogP contribution is -2.03. The highest BCUT2D eigenvalue weighted by Crippen LogP contribution is 2.24. The highest BCUT2D eigenvalue weighted by atomic mass is 32.1. The molecule has 2 N–H and O–H groups in total. The van der Waals surface area contributed by atoms with Gasteiger partial charge in [0, 0.05) is 10.9 Å². The first-order valence-electron chi connectivity index (χ1n) is 6.01. The molecule has 0 aliphatic carbocycles. The van der Waals surface area contributed by atoms with Crippen molar-refractivity contribution in [3.8, 4) is 11.3 Å². The topological polar surface area (TPSA) is 38.9 Å². The van der Waals surface area contributed by atoms with Crippen LogP contribution in [0, 0.1) is 0 Å². The van der Waals surface area contributed by atoms with Crippen molar-refractivity contribution in [2.75, 3.05) is 0 Å². The molecule has 0 radical (unpaired) electrons. The van der Waals surface area contributed by atoms with Crippen molar-refractivity contribution >= 4 is 11.3 Å². The summed E-state index contributed by atoms with van der Waals surface area (Å²) in [4.78, 5) is 4.55. The molecule has 0 saturated heterocycles. The second kappa shape index (κ2) is 5.43. The number of thiazole rings is 1. The average molecular weight is 246 g/mol. The fraction of sp³-hybridized carbons (Fsp3) is 0.357. The van der Waals surface area contributed by atoms with Gasteiger partial charge in [-0.3, -0.25) is 0 Å². The van der Waals surface area contributed by atoms with Crippen molar-refractivity contribution in [3.05, 3.63) is 40.2 Å². The Bertz CT molecular complexity index is 471. The van der Waals surface area contributed by atoms with E-state index in [0.717, 1.165) is 17.1 Å². The number of benzene rings is 1. The second-order valence-corrected chi connectivity index (χ2v) is 5.20. The zero-order valence-electron chi connectivity index (χ0n) is 10.3. The minimum absolute atomic E-state index is 0.0214. The minimum atomic E-state index is 0.0214. The molecule has 17 heavy (non-hydrogen) atoms. The summed E-state index contributed by atoms with van der Waals surface area (Å²) in [6.07, 6.45) is 2.33. The predicted octanol–water partition coefficient (Wildman–Crippen LogP) is 3.78. The van der Waals surface area contributed by atoms with Crippen molar-refractivity contribution in [2.45, 2.75) is 32.7 Å². The second-order valence-electron chi connectivity index (χ2n) is 4.31. The molecule has 0 bridgehead atoms. The molecule has 0 aliphatic heterocycles. The molecule has 1 unspecified atom stereocenters. The molecule has 2 rings (SSSR count). The van der Waals surface area contributed by atoms with Gasteiger partial charge in [0.1, 0.15) is 5.01 Å². The largest absolute Gasteiger partial charge is 0.322 e. The maximum Gasteiger partial charge on any atom is 0.110 e. The minimum Gasteiger partial charge on any atom is -0.322 e. The maximum absolute atomic E-state index is 5.82. The van der Waals surface area contributed by atoms with Gasteiger partial charge < -0.3 is 5.73 Å². The maximum atomic E-state index is 5.82. The summed E-state index contributed by atoms with van der Waals surface area (Å²) < 4.78 is 0. The fourth-order valence-electron chi connectivity index (χ4n) is 1.76. The normalized spacial score (nSPS) is 12.6. The van der Waals surface area contributed by atoms with Crippen LogP contribution < -0.4 is 5.73 Å². The van der Waals surface area contributed by atoms with E-state index in [4.69, 9.17) is 5.73 Å². The monoisotopic (exact) mass is 246 g/mol. The molecule has 2 nitrogen and oxygen atoms in total. The number of aromatic nitrogens is 1. The highest BCUT2D eigenvalue weighted by molar-refractivity contribution is 7.10. The first kappa shape index (κ1) is 12.3. The summed E-state index contributed by atoms with van der Waals surface area (Å²) in [5, 5.41) is 3.07. The smallest absolute Gasteiger partial charge is 0.110 e. The molecule has 3 heteroatoms. The third-order valence-corrected chi connectivity index (χ3v) is 3.75. The number of rotatable bonds is 4. The molecule has 2 aromatic rings. The lowest BCUT2D eigenvalue weighted by Gasteiger charge is -2.01. The Labute approximate surface area is 107 Å². The van der Waals surface area contributed by atoms with Gasteiger partial charge in [0.25, 0.3) is 0 Å². The Hall–Kier alpha value is -1.19. The lowest BCUT2D eigenvalue weighted by molar-refractivity contribution is 0.808. The fourth-order valence-corrected chi connectivity index (χ4v) is 2.55. The Kier molecular flexibility index (Phi) is 3.92. The quantitative estimate of drug-likeness (QED) is 0.891. The predicted molar refractivity (Wildman–Crippen MR) is 74.1 cm³/mol. The van der Waals surface area contributed by atoms with Gasteiger partial charge in [-0.05, 0) is 18.9 Å². The van der Waals surface area contributed by atoms with Crippen molar-refractivity contribution in [1.29, 1.82) is 0 Å². The lowest BCUT2D eigenvalue weighted by atomic mass is 10.1. The van der Waals surface area contributed by atoms with E-state index in [2.05, 4.69) is 41.6 Å². The number of hydrogen-bond donors (Lipinski definition) is 1. The van der Waals surface area contributed by atoms with E-state index >= 15 is 0 Å². The van der Waals surface area contributed by atoms with Gasteiger partial charge in [-0.2, -0.15) is 0 Å². The molecule has 0 fully saturated rings. The van der Waals surface area contributed by atoms with Crippen molar-refractivity contribution in [2.24, 2.45) is 5.73 Å². The van der Waals surface area contributed by atoms with E-state index in [1.165, 1.54) is 17.5 Å². The SMILES string of the molecule is CCCc1ccc(-c2csc(C(C)N)n2)cc1. The Morgan fingerprint density at radius 2 is 2.00 bits per heavy atom. The Balaban J connectivity index is 2.21. The van der Waals surface area contributed by atoms with Gasteiger partial charge in [0.05, 0.1) is 11.7 Å². The van der Waals surface area contributed by atoms with Gasteiger partial charge in [0.15, 0.2) is 0 Å². The molecule has 1 aromatic heterocycles. The van der Waals surface area contributed by atoms with Crippen molar-refractivity contribution in [1.82, 2.24) is 4.98 Å². The van der Waals surface area contributed by atoms with E-state index in [9.17, 15) is 0 Å². The number of nitrogens with zero attached hydrogens (tertiary/aromatic N) is 1. The first-order valence-corrected chi connectivity index (χ1v) is 6.89. The van der Waals surface area contributed by atoms with E-state index in [1.54, 1.807) is 11.3 Å². The van der Waals surface area contributed by atoms with E-state index < -0.39 is 0 Å². The van der Waals surface area contributed by atoms with Crippen LogP contribution in [0.25, 0.3) is 11.3 Å². The Morgan fingerprint density at radius 1 is 1.29 bits per heavy atom. The van der Waals surface area contributed by atoms with Gasteiger partial charge in [-0.15, -0.1) is 11.3 Å². The third kappa shape index (κ3) is 2.93. The van der Waals surface area contributed by atoms with Gasteiger partial charge in [0.2, 0.25) is 0 Å². The number of hydrogen-bond acceptors (Lipinski definition) is 3. The molecular weight excluding hydrogens is 228 g/mol. The molecule has 0 saturated carbocycles.